The molecule has 28 heavy (non-hydrogen) atoms. The van der Waals surface area contributed by atoms with Gasteiger partial charge in [0.2, 0.25) is 11.7 Å². The highest BCUT2D eigenvalue weighted by Gasteiger charge is 2.31. The van der Waals surface area contributed by atoms with Gasteiger partial charge in [-0.1, -0.05) is 35.0 Å². The minimum Gasteiger partial charge on any atom is -0.338 e. The molecule has 1 fully saturated rings. The number of hydrogen-bond acceptors (Lipinski definition) is 6. The Morgan fingerprint density at radius 2 is 2.04 bits per heavy atom. The van der Waals surface area contributed by atoms with Gasteiger partial charge in [0.15, 0.2) is 0 Å². The van der Waals surface area contributed by atoms with E-state index in [1.54, 1.807) is 24.3 Å². The normalized spacial score (nSPS) is 13.8. The van der Waals surface area contributed by atoms with Crippen molar-refractivity contribution in [3.05, 3.63) is 74.9 Å². The molecule has 1 saturated carbocycles. The molecule has 0 atom stereocenters. The Morgan fingerprint density at radius 1 is 1.25 bits per heavy atom. The SMILES string of the molecule is O=[N+]([O-])c1cccc(-c2noc(CN(Cc3c(F)cccc3Cl)C3CC3)n2)c1. The fourth-order valence-corrected chi connectivity index (χ4v) is 3.23. The molecule has 0 bridgehead atoms. The summed E-state index contributed by atoms with van der Waals surface area (Å²) in [5.74, 6) is 0.292. The van der Waals surface area contributed by atoms with Crippen molar-refractivity contribution in [1.29, 1.82) is 0 Å². The van der Waals surface area contributed by atoms with Crippen LogP contribution in [0.1, 0.15) is 24.3 Å². The number of halogens is 2. The van der Waals surface area contributed by atoms with Crippen molar-refractivity contribution >= 4 is 17.3 Å². The first-order valence-electron chi connectivity index (χ1n) is 8.75. The fraction of sp³-hybridized carbons (Fsp3) is 0.263. The average Bonchev–Trinajstić information content (AvgIpc) is 3.42. The molecule has 2 aromatic carbocycles. The summed E-state index contributed by atoms with van der Waals surface area (Å²) in [5, 5.41) is 15.2. The third-order valence-electron chi connectivity index (χ3n) is 4.61. The first kappa shape index (κ1) is 18.5. The molecule has 0 unspecified atom stereocenters. The second-order valence-electron chi connectivity index (χ2n) is 6.66. The van der Waals surface area contributed by atoms with Gasteiger partial charge in [-0.15, -0.1) is 0 Å². The summed E-state index contributed by atoms with van der Waals surface area (Å²) in [5.41, 5.74) is 0.895. The van der Waals surface area contributed by atoms with Gasteiger partial charge >= 0.3 is 0 Å². The van der Waals surface area contributed by atoms with Crippen LogP contribution in [-0.4, -0.2) is 26.0 Å². The third kappa shape index (κ3) is 4.02. The van der Waals surface area contributed by atoms with Gasteiger partial charge in [0.25, 0.3) is 5.69 Å². The zero-order chi connectivity index (χ0) is 19.7. The van der Waals surface area contributed by atoms with Crippen molar-refractivity contribution in [1.82, 2.24) is 15.0 Å². The molecule has 1 heterocycles. The lowest BCUT2D eigenvalue weighted by Gasteiger charge is -2.20. The third-order valence-corrected chi connectivity index (χ3v) is 4.96. The maximum Gasteiger partial charge on any atom is 0.270 e. The van der Waals surface area contributed by atoms with Gasteiger partial charge in [-0.3, -0.25) is 15.0 Å². The lowest BCUT2D eigenvalue weighted by Crippen LogP contribution is -2.26. The topological polar surface area (TPSA) is 85.3 Å². The van der Waals surface area contributed by atoms with Crippen LogP contribution in [0.2, 0.25) is 5.02 Å². The summed E-state index contributed by atoms with van der Waals surface area (Å²) >= 11 is 6.15. The van der Waals surface area contributed by atoms with E-state index in [0.29, 0.717) is 41.2 Å². The Hall–Kier alpha value is -2.84. The Bertz CT molecular complexity index is 1000. The van der Waals surface area contributed by atoms with Crippen molar-refractivity contribution in [2.45, 2.75) is 32.0 Å². The van der Waals surface area contributed by atoms with E-state index in [0.717, 1.165) is 12.8 Å². The molecule has 7 nitrogen and oxygen atoms in total. The van der Waals surface area contributed by atoms with E-state index in [1.807, 2.05) is 0 Å². The molecule has 1 aliphatic carbocycles. The van der Waals surface area contributed by atoms with Crippen LogP contribution in [0.3, 0.4) is 0 Å². The first-order chi connectivity index (χ1) is 13.5. The lowest BCUT2D eigenvalue weighted by molar-refractivity contribution is -0.384. The molecule has 0 saturated heterocycles. The number of hydrogen-bond donors (Lipinski definition) is 0. The van der Waals surface area contributed by atoms with Gasteiger partial charge in [-0.05, 0) is 25.0 Å². The predicted molar refractivity (Wildman–Crippen MR) is 100 cm³/mol. The van der Waals surface area contributed by atoms with Crippen LogP contribution in [0.25, 0.3) is 11.4 Å². The second kappa shape index (κ2) is 7.65. The van der Waals surface area contributed by atoms with Gasteiger partial charge < -0.3 is 4.52 Å². The maximum atomic E-state index is 14.1. The van der Waals surface area contributed by atoms with Crippen LogP contribution in [0.5, 0.6) is 0 Å². The summed E-state index contributed by atoms with van der Waals surface area (Å²) < 4.78 is 19.5. The summed E-state index contributed by atoms with van der Waals surface area (Å²) in [6.45, 7) is 0.682. The summed E-state index contributed by atoms with van der Waals surface area (Å²) in [7, 11) is 0. The largest absolute Gasteiger partial charge is 0.338 e. The number of nitro groups is 1. The van der Waals surface area contributed by atoms with Gasteiger partial charge in [0.1, 0.15) is 5.82 Å². The summed E-state index contributed by atoms with van der Waals surface area (Å²) in [4.78, 5) is 16.9. The quantitative estimate of drug-likeness (QED) is 0.424. The number of nitro benzene ring substituents is 1. The molecule has 0 amide bonds. The summed E-state index contributed by atoms with van der Waals surface area (Å²) in [6.07, 6.45) is 2.02. The fourth-order valence-electron chi connectivity index (χ4n) is 3.01. The van der Waals surface area contributed by atoms with Crippen LogP contribution >= 0.6 is 11.6 Å². The maximum absolute atomic E-state index is 14.1. The highest BCUT2D eigenvalue weighted by molar-refractivity contribution is 6.31. The second-order valence-corrected chi connectivity index (χ2v) is 7.06. The highest BCUT2D eigenvalue weighted by atomic mass is 35.5. The van der Waals surface area contributed by atoms with Crippen LogP contribution in [0, 0.1) is 15.9 Å². The van der Waals surface area contributed by atoms with Crippen LogP contribution in [0.4, 0.5) is 10.1 Å². The van der Waals surface area contributed by atoms with Crippen LogP contribution < -0.4 is 0 Å². The number of rotatable bonds is 7. The molecule has 144 valence electrons. The van der Waals surface area contributed by atoms with E-state index in [9.17, 15) is 14.5 Å². The van der Waals surface area contributed by atoms with E-state index in [1.165, 1.54) is 18.2 Å². The number of nitrogens with zero attached hydrogens (tertiary/aromatic N) is 4. The standard InChI is InChI=1S/C19H16ClFN4O3/c20-16-5-2-6-17(21)15(16)10-24(13-7-8-13)11-18-22-19(23-28-18)12-3-1-4-14(9-12)25(26)27/h1-6,9,13H,7-8,10-11H2. The zero-order valence-electron chi connectivity index (χ0n) is 14.7. The Labute approximate surface area is 164 Å². The predicted octanol–water partition coefficient (Wildman–Crippen LogP) is 4.60. The number of benzene rings is 2. The Kier molecular flexibility index (Phi) is 5.06. The molecule has 0 aliphatic heterocycles. The molecule has 4 rings (SSSR count). The van der Waals surface area contributed by atoms with E-state index in [-0.39, 0.29) is 17.3 Å². The zero-order valence-corrected chi connectivity index (χ0v) is 15.5. The molecule has 1 aromatic heterocycles. The van der Waals surface area contributed by atoms with Crippen molar-refractivity contribution in [3.63, 3.8) is 0 Å². The van der Waals surface area contributed by atoms with E-state index in [2.05, 4.69) is 15.0 Å². The van der Waals surface area contributed by atoms with Crippen molar-refractivity contribution in [3.8, 4) is 11.4 Å². The first-order valence-corrected chi connectivity index (χ1v) is 9.13. The minimum atomic E-state index is -0.475. The lowest BCUT2D eigenvalue weighted by atomic mass is 10.2. The van der Waals surface area contributed by atoms with Crippen LogP contribution in [-0.2, 0) is 13.1 Å². The number of aromatic nitrogens is 2. The van der Waals surface area contributed by atoms with Crippen molar-refractivity contribution in [2.24, 2.45) is 0 Å². The van der Waals surface area contributed by atoms with Gasteiger partial charge in [0.05, 0.1) is 11.5 Å². The molecule has 0 N–H and O–H groups in total. The molecule has 9 heteroatoms. The van der Waals surface area contributed by atoms with E-state index in [4.69, 9.17) is 16.1 Å². The minimum absolute atomic E-state index is 0.0438. The average molecular weight is 403 g/mol. The van der Waals surface area contributed by atoms with E-state index >= 15 is 0 Å². The van der Waals surface area contributed by atoms with Gasteiger partial charge in [-0.25, -0.2) is 4.39 Å². The molecule has 3 aromatic rings. The van der Waals surface area contributed by atoms with Crippen molar-refractivity contribution in [2.75, 3.05) is 0 Å². The molecular formula is C19H16ClFN4O3. The molecule has 0 radical (unpaired) electrons. The molecule has 1 aliphatic rings. The van der Waals surface area contributed by atoms with Crippen molar-refractivity contribution < 1.29 is 13.8 Å². The smallest absolute Gasteiger partial charge is 0.270 e. The molecule has 0 spiro atoms. The number of non-ortho nitro benzene ring substituents is 1. The highest BCUT2D eigenvalue weighted by Crippen LogP contribution is 2.32. The monoisotopic (exact) mass is 402 g/mol. The Morgan fingerprint density at radius 3 is 2.75 bits per heavy atom. The van der Waals surface area contributed by atoms with Gasteiger partial charge in [0, 0.05) is 40.9 Å². The van der Waals surface area contributed by atoms with Gasteiger partial charge in [-0.2, -0.15) is 4.98 Å². The Balaban J connectivity index is 1.53. The summed E-state index contributed by atoms with van der Waals surface area (Å²) in [6, 6.07) is 11.0. The molecular weight excluding hydrogens is 387 g/mol. The van der Waals surface area contributed by atoms with Crippen LogP contribution in [0.15, 0.2) is 47.0 Å². The van der Waals surface area contributed by atoms with E-state index < -0.39 is 4.92 Å².